The van der Waals surface area contributed by atoms with Gasteiger partial charge in [0.15, 0.2) is 12.1 Å². The molecule has 3 amide bonds. The van der Waals surface area contributed by atoms with Crippen molar-refractivity contribution >= 4 is 11.9 Å². The van der Waals surface area contributed by atoms with Gasteiger partial charge in [0.1, 0.15) is 6.10 Å². The fourth-order valence-electron chi connectivity index (χ4n) is 5.78. The smallest absolute Gasteiger partial charge is 0.314 e. The minimum absolute atomic E-state index is 0.0310. The van der Waals surface area contributed by atoms with Gasteiger partial charge < -0.3 is 61.0 Å². The number of allylic oxidation sites excluding steroid dienone is 1. The summed E-state index contributed by atoms with van der Waals surface area (Å²) in [4.78, 5) is 28.4. The highest BCUT2D eigenvalue weighted by atomic mass is 16.7. The third-order valence-electron chi connectivity index (χ3n) is 8.58. The molecule has 0 aromatic heterocycles. The zero-order valence-electron chi connectivity index (χ0n) is 25.9. The van der Waals surface area contributed by atoms with Crippen LogP contribution >= 0.6 is 0 Å². The molecule has 14 heteroatoms. The van der Waals surface area contributed by atoms with Gasteiger partial charge in [-0.3, -0.25) is 4.79 Å². The predicted molar refractivity (Wildman–Crippen MR) is 155 cm³/mol. The van der Waals surface area contributed by atoms with Crippen LogP contribution < -0.4 is 11.5 Å². The van der Waals surface area contributed by atoms with E-state index in [1.807, 2.05) is 19.9 Å². The molecule has 0 saturated carbocycles. The quantitative estimate of drug-likeness (QED) is 0.145. The first-order valence-electron chi connectivity index (χ1n) is 15.2. The van der Waals surface area contributed by atoms with E-state index in [-0.39, 0.29) is 57.3 Å². The Morgan fingerprint density at radius 3 is 2.21 bits per heavy atom. The first kappa shape index (κ1) is 35.6. The third kappa shape index (κ3) is 9.08. The van der Waals surface area contributed by atoms with Crippen molar-refractivity contribution in [2.75, 3.05) is 26.2 Å². The van der Waals surface area contributed by atoms with Crippen molar-refractivity contribution in [2.24, 2.45) is 29.2 Å². The average molecular weight is 617 g/mol. The zero-order chi connectivity index (χ0) is 32.2. The van der Waals surface area contributed by atoms with Gasteiger partial charge in [0.2, 0.25) is 5.91 Å². The lowest BCUT2D eigenvalue weighted by Crippen LogP contribution is -2.62. The van der Waals surface area contributed by atoms with Crippen LogP contribution in [0.1, 0.15) is 53.9 Å². The van der Waals surface area contributed by atoms with E-state index in [9.17, 15) is 35.1 Å². The van der Waals surface area contributed by atoms with Crippen molar-refractivity contribution in [1.29, 1.82) is 0 Å². The highest BCUT2D eigenvalue weighted by Crippen LogP contribution is 2.39. The molecule has 0 radical (unpaired) electrons. The molecule has 0 spiro atoms. The molecule has 43 heavy (non-hydrogen) atoms. The maximum atomic E-state index is 13.9. The second kappa shape index (κ2) is 14.9. The molecular weight excluding hydrogens is 564 g/mol. The van der Waals surface area contributed by atoms with Gasteiger partial charge in [0.05, 0.1) is 48.6 Å². The summed E-state index contributed by atoms with van der Waals surface area (Å²) in [7, 11) is 0. The van der Waals surface area contributed by atoms with Crippen molar-refractivity contribution in [3.63, 3.8) is 0 Å². The Balaban J connectivity index is 1.90. The molecule has 3 aliphatic heterocycles. The molecule has 3 heterocycles. The second-order valence-corrected chi connectivity index (χ2v) is 12.9. The van der Waals surface area contributed by atoms with Crippen LogP contribution in [0.4, 0.5) is 4.79 Å². The minimum atomic E-state index is -1.93. The number of hydrogen-bond acceptors (Lipinski definition) is 11. The molecule has 3 fully saturated rings. The number of carbonyl (C=O) groups is 2. The molecule has 248 valence electrons. The first-order chi connectivity index (χ1) is 20.0. The van der Waals surface area contributed by atoms with Crippen LogP contribution in [0.2, 0.25) is 0 Å². The number of ether oxygens (including phenoxy) is 3. The van der Waals surface area contributed by atoms with Crippen LogP contribution in [0.25, 0.3) is 0 Å². The fourth-order valence-corrected chi connectivity index (χ4v) is 5.78. The lowest BCUT2D eigenvalue weighted by Gasteiger charge is -2.47. The maximum Gasteiger partial charge on any atom is 0.314 e. The number of primary amides is 1. The van der Waals surface area contributed by atoms with Crippen LogP contribution in [0.5, 0.6) is 0 Å². The molecule has 0 aromatic carbocycles. The molecule has 7 unspecified atom stereocenters. The summed E-state index contributed by atoms with van der Waals surface area (Å²) < 4.78 is 18.1. The van der Waals surface area contributed by atoms with Crippen molar-refractivity contribution in [3.05, 3.63) is 12.2 Å². The Morgan fingerprint density at radius 1 is 1.05 bits per heavy atom. The van der Waals surface area contributed by atoms with E-state index < -0.39 is 78.7 Å². The highest BCUT2D eigenvalue weighted by molar-refractivity contribution is 5.81. The summed E-state index contributed by atoms with van der Waals surface area (Å²) in [6, 6.07) is -1.60. The molecule has 14 nitrogen and oxygen atoms in total. The molecule has 0 aliphatic carbocycles. The molecule has 3 saturated heterocycles. The number of aliphatic hydroxyl groups excluding tert-OH is 4. The number of nitrogens with two attached hydrogens (primary N) is 2. The van der Waals surface area contributed by atoms with Gasteiger partial charge in [-0.05, 0) is 18.8 Å². The van der Waals surface area contributed by atoms with Gasteiger partial charge in [0.25, 0.3) is 0 Å². The van der Waals surface area contributed by atoms with Crippen molar-refractivity contribution in [1.82, 2.24) is 9.80 Å². The lowest BCUT2D eigenvalue weighted by molar-refractivity contribution is -0.308. The second-order valence-electron chi connectivity index (χ2n) is 12.9. The van der Waals surface area contributed by atoms with Crippen LogP contribution in [0.15, 0.2) is 12.2 Å². The van der Waals surface area contributed by atoms with Crippen LogP contribution in [0.3, 0.4) is 0 Å². The molecule has 9 N–H and O–H groups in total. The van der Waals surface area contributed by atoms with E-state index in [4.69, 9.17) is 25.7 Å². The molecule has 0 aromatic rings. The Bertz CT molecular complexity index is 962. The molecule has 3 aliphatic rings. The van der Waals surface area contributed by atoms with Gasteiger partial charge in [-0.2, -0.15) is 0 Å². The Morgan fingerprint density at radius 2 is 1.65 bits per heavy atom. The van der Waals surface area contributed by atoms with Crippen LogP contribution in [-0.2, 0) is 19.0 Å². The highest BCUT2D eigenvalue weighted by Gasteiger charge is 2.51. The van der Waals surface area contributed by atoms with Gasteiger partial charge in [-0.15, -0.1) is 0 Å². The summed E-state index contributed by atoms with van der Waals surface area (Å²) in [5.41, 5.74) is 11.4. The van der Waals surface area contributed by atoms with Gasteiger partial charge in [-0.1, -0.05) is 39.8 Å². The Kier molecular flexibility index (Phi) is 12.4. The molecule has 0 bridgehead atoms. The molecule has 3 rings (SSSR count). The number of hydrogen-bond donors (Lipinski definition) is 7. The first-order valence-corrected chi connectivity index (χ1v) is 15.2. The number of aliphatic hydroxyl groups is 5. The average Bonchev–Trinajstić information content (AvgIpc) is 2.92. The SMILES string of the molecule is CC(C)/C=C/C(CC1O[C@](O)(C[C@@H](O)C(C)C)C[C@H](O)[C@H]1C(=O)N1CCN(C(N)=O)CC1)OC1OC(C)C(O)C(N)C1O. The summed E-state index contributed by atoms with van der Waals surface area (Å²) >= 11 is 0. The predicted octanol–water partition coefficient (Wildman–Crippen LogP) is -1.15. The van der Waals surface area contributed by atoms with E-state index in [1.165, 1.54) is 9.80 Å². The number of piperazine rings is 1. The summed E-state index contributed by atoms with van der Waals surface area (Å²) in [5.74, 6) is -3.52. The zero-order valence-corrected chi connectivity index (χ0v) is 25.9. The maximum absolute atomic E-state index is 13.9. The van der Waals surface area contributed by atoms with E-state index in [0.717, 1.165) is 0 Å². The number of nitrogens with zero attached hydrogens (tertiary/aromatic N) is 2. The van der Waals surface area contributed by atoms with Gasteiger partial charge in [0, 0.05) is 45.4 Å². The van der Waals surface area contributed by atoms with E-state index in [2.05, 4.69) is 0 Å². The van der Waals surface area contributed by atoms with Crippen LogP contribution in [0, 0.1) is 17.8 Å². The molecular formula is C29H52N4O10. The normalized spacial score (nSPS) is 37.2. The van der Waals surface area contributed by atoms with E-state index in [0.29, 0.717) is 0 Å². The topological polar surface area (TPSA) is 221 Å². The summed E-state index contributed by atoms with van der Waals surface area (Å²) in [5, 5.41) is 54.3. The van der Waals surface area contributed by atoms with Gasteiger partial charge in [-0.25, -0.2) is 4.79 Å². The molecule has 11 atom stereocenters. The van der Waals surface area contributed by atoms with Crippen LogP contribution in [-0.4, -0.2) is 134 Å². The van der Waals surface area contributed by atoms with Crippen molar-refractivity contribution in [2.45, 2.75) is 115 Å². The third-order valence-corrected chi connectivity index (χ3v) is 8.58. The number of amides is 3. The van der Waals surface area contributed by atoms with Crippen molar-refractivity contribution in [3.8, 4) is 0 Å². The largest absolute Gasteiger partial charge is 0.393 e. The standard InChI is InChI=1S/C29H52N4O10/c1-15(2)6-7-18(42-27-25(37)23(30)24(36)17(5)41-27)12-21-22(26(38)32-8-10-33(11-9-32)28(31)39)20(35)14-29(40,43-21)13-19(34)16(3)4/h6-7,15-25,27,34-37,40H,8-14,30H2,1-5H3,(H2,31,39)/b7-6+/t17?,18?,19-,20+,21?,22-,23?,24?,25?,27?,29-/m1/s1. The Labute approximate surface area is 253 Å². The van der Waals surface area contributed by atoms with Crippen molar-refractivity contribution < 1.29 is 49.3 Å². The van der Waals surface area contributed by atoms with E-state index in [1.54, 1.807) is 26.8 Å². The van der Waals surface area contributed by atoms with Gasteiger partial charge >= 0.3 is 6.03 Å². The number of rotatable bonds is 10. The summed E-state index contributed by atoms with van der Waals surface area (Å²) in [6.45, 7) is 10.0. The fraction of sp³-hybridized carbons (Fsp3) is 0.862. The Hall–Kier alpha value is -1.88. The monoisotopic (exact) mass is 616 g/mol. The number of carbonyl (C=O) groups excluding carboxylic acids is 2. The lowest BCUT2D eigenvalue weighted by atomic mass is 9.81. The minimum Gasteiger partial charge on any atom is -0.393 e. The van der Waals surface area contributed by atoms with E-state index >= 15 is 0 Å². The number of urea groups is 1. The summed E-state index contributed by atoms with van der Waals surface area (Å²) in [6.07, 6.45) is -5.44.